The van der Waals surface area contributed by atoms with Crippen molar-refractivity contribution in [1.29, 1.82) is 0 Å². The molecular formula is C11H16BrN3O3. The van der Waals surface area contributed by atoms with Crippen LogP contribution in [0.1, 0.15) is 20.3 Å². The predicted molar refractivity (Wildman–Crippen MR) is 72.8 cm³/mol. The van der Waals surface area contributed by atoms with Crippen molar-refractivity contribution in [3.05, 3.63) is 26.9 Å². The fourth-order valence-corrected chi connectivity index (χ4v) is 1.78. The van der Waals surface area contributed by atoms with Crippen molar-refractivity contribution in [2.45, 2.75) is 26.4 Å². The zero-order valence-corrected chi connectivity index (χ0v) is 11.9. The normalized spacial score (nSPS) is 10.7. The van der Waals surface area contributed by atoms with Gasteiger partial charge in [0.25, 0.3) is 0 Å². The van der Waals surface area contributed by atoms with E-state index in [1.165, 1.54) is 6.20 Å². The highest BCUT2D eigenvalue weighted by molar-refractivity contribution is 9.10. The van der Waals surface area contributed by atoms with Crippen LogP contribution in [0.25, 0.3) is 0 Å². The summed E-state index contributed by atoms with van der Waals surface area (Å²) in [5.41, 5.74) is 0.747. The number of aromatic nitrogens is 1. The second-order valence-corrected chi connectivity index (χ2v) is 4.84. The molecule has 0 aliphatic heterocycles. The molecule has 1 aromatic rings. The molecule has 0 unspecified atom stereocenters. The third-order valence-electron chi connectivity index (χ3n) is 2.10. The summed E-state index contributed by atoms with van der Waals surface area (Å²) in [7, 11) is 0. The van der Waals surface area contributed by atoms with Gasteiger partial charge in [-0.3, -0.25) is 0 Å². The van der Waals surface area contributed by atoms with Gasteiger partial charge in [-0.05, 0) is 52.2 Å². The van der Waals surface area contributed by atoms with Gasteiger partial charge in [0.2, 0.25) is 0 Å². The number of hydrogen-bond acceptors (Lipinski definition) is 5. The lowest BCUT2D eigenvalue weighted by molar-refractivity contribution is -0.390. The molecule has 0 aromatic carbocycles. The molecule has 0 aliphatic rings. The first-order valence-electron chi connectivity index (χ1n) is 5.66. The number of pyridine rings is 1. The minimum Gasteiger partial charge on any atom is -0.382 e. The van der Waals surface area contributed by atoms with Gasteiger partial charge in [0, 0.05) is 13.2 Å². The van der Waals surface area contributed by atoms with Crippen molar-refractivity contribution < 1.29 is 9.66 Å². The van der Waals surface area contributed by atoms with Crippen molar-refractivity contribution in [2.75, 3.05) is 18.5 Å². The molecule has 0 aliphatic carbocycles. The van der Waals surface area contributed by atoms with Crippen LogP contribution in [0.3, 0.4) is 0 Å². The molecule has 0 bridgehead atoms. The standard InChI is InChI=1S/C11H16BrN3O3/c1-8(2)18-5-3-4-13-9-6-10(12)11(14-7-9)15(16)17/h6-8,13H,3-5H2,1-2H3. The minimum atomic E-state index is -0.523. The maximum atomic E-state index is 10.6. The van der Waals surface area contributed by atoms with Crippen molar-refractivity contribution in [2.24, 2.45) is 0 Å². The summed E-state index contributed by atoms with van der Waals surface area (Å²) in [5, 5.41) is 13.7. The summed E-state index contributed by atoms with van der Waals surface area (Å²) >= 11 is 3.12. The predicted octanol–water partition coefficient (Wildman–Crippen LogP) is 2.98. The molecule has 0 fully saturated rings. The van der Waals surface area contributed by atoms with Crippen molar-refractivity contribution in [1.82, 2.24) is 4.98 Å². The van der Waals surface area contributed by atoms with Crippen LogP contribution in [-0.2, 0) is 4.74 Å². The van der Waals surface area contributed by atoms with Crippen molar-refractivity contribution in [3.8, 4) is 0 Å². The van der Waals surface area contributed by atoms with Crippen LogP contribution in [-0.4, -0.2) is 29.2 Å². The molecule has 0 spiro atoms. The average molecular weight is 318 g/mol. The maximum Gasteiger partial charge on any atom is 0.377 e. The van der Waals surface area contributed by atoms with E-state index in [-0.39, 0.29) is 11.9 Å². The Hall–Kier alpha value is -1.21. The first-order chi connectivity index (χ1) is 8.50. The van der Waals surface area contributed by atoms with Crippen LogP contribution >= 0.6 is 15.9 Å². The van der Waals surface area contributed by atoms with Crippen LogP contribution < -0.4 is 5.32 Å². The Bertz CT molecular complexity index is 413. The fourth-order valence-electron chi connectivity index (χ4n) is 1.29. The lowest BCUT2D eigenvalue weighted by atomic mass is 10.3. The lowest BCUT2D eigenvalue weighted by Crippen LogP contribution is -2.09. The molecule has 0 atom stereocenters. The molecule has 0 saturated carbocycles. The second-order valence-electron chi connectivity index (χ2n) is 3.99. The molecule has 0 saturated heterocycles. The SMILES string of the molecule is CC(C)OCCCNc1cnc([N+](=O)[O-])c(Br)c1. The number of halogens is 1. The number of ether oxygens (including phenoxy) is 1. The molecule has 7 heteroatoms. The summed E-state index contributed by atoms with van der Waals surface area (Å²) in [6, 6.07) is 1.65. The quantitative estimate of drug-likeness (QED) is 0.475. The van der Waals surface area contributed by atoms with Gasteiger partial charge in [0.1, 0.15) is 4.47 Å². The summed E-state index contributed by atoms with van der Waals surface area (Å²) in [4.78, 5) is 13.8. The number of nitro groups is 1. The van der Waals surface area contributed by atoms with Gasteiger partial charge in [-0.25, -0.2) is 0 Å². The van der Waals surface area contributed by atoms with Gasteiger partial charge in [0.05, 0.1) is 11.8 Å². The topological polar surface area (TPSA) is 77.3 Å². The van der Waals surface area contributed by atoms with Gasteiger partial charge in [-0.2, -0.15) is 0 Å². The zero-order valence-electron chi connectivity index (χ0n) is 10.4. The number of nitrogens with one attached hydrogen (secondary N) is 1. The number of nitrogens with zero attached hydrogens (tertiary/aromatic N) is 2. The molecule has 100 valence electrons. The monoisotopic (exact) mass is 317 g/mol. The van der Waals surface area contributed by atoms with Gasteiger partial charge in [-0.1, -0.05) is 0 Å². The summed E-state index contributed by atoms with van der Waals surface area (Å²) in [5.74, 6) is -0.177. The third-order valence-corrected chi connectivity index (χ3v) is 2.68. The summed E-state index contributed by atoms with van der Waals surface area (Å²) in [6.45, 7) is 5.40. The van der Waals surface area contributed by atoms with E-state index in [1.54, 1.807) is 6.07 Å². The molecule has 0 radical (unpaired) electrons. The minimum absolute atomic E-state index is 0.177. The molecular weight excluding hydrogens is 302 g/mol. The van der Waals surface area contributed by atoms with E-state index < -0.39 is 4.92 Å². The Kier molecular flexibility index (Phi) is 6.00. The second kappa shape index (κ2) is 7.27. The van der Waals surface area contributed by atoms with Crippen LogP contribution in [0, 0.1) is 10.1 Å². The van der Waals surface area contributed by atoms with Gasteiger partial charge in [-0.15, -0.1) is 0 Å². The lowest BCUT2D eigenvalue weighted by Gasteiger charge is -2.08. The molecule has 1 heterocycles. The number of rotatable bonds is 7. The number of anilines is 1. The first-order valence-corrected chi connectivity index (χ1v) is 6.45. The molecule has 1 aromatic heterocycles. The molecule has 1 rings (SSSR count). The average Bonchev–Trinajstić information content (AvgIpc) is 2.27. The molecule has 6 nitrogen and oxygen atoms in total. The van der Waals surface area contributed by atoms with Gasteiger partial charge in [0.15, 0.2) is 6.20 Å². The molecule has 1 N–H and O–H groups in total. The zero-order chi connectivity index (χ0) is 13.5. The molecule has 18 heavy (non-hydrogen) atoms. The third kappa shape index (κ3) is 4.97. The highest BCUT2D eigenvalue weighted by Crippen LogP contribution is 2.24. The number of hydrogen-bond donors (Lipinski definition) is 1. The van der Waals surface area contributed by atoms with E-state index >= 15 is 0 Å². The highest BCUT2D eigenvalue weighted by atomic mass is 79.9. The Morgan fingerprint density at radius 2 is 2.33 bits per heavy atom. The van der Waals surface area contributed by atoms with Crippen LogP contribution in [0.2, 0.25) is 0 Å². The van der Waals surface area contributed by atoms with E-state index in [1.807, 2.05) is 13.8 Å². The largest absolute Gasteiger partial charge is 0.382 e. The fraction of sp³-hybridized carbons (Fsp3) is 0.545. The molecule has 0 amide bonds. The smallest absolute Gasteiger partial charge is 0.377 e. The Morgan fingerprint density at radius 1 is 1.61 bits per heavy atom. The maximum absolute atomic E-state index is 10.6. The Balaban J connectivity index is 2.39. The first kappa shape index (κ1) is 14.8. The summed E-state index contributed by atoms with van der Waals surface area (Å²) in [6.07, 6.45) is 2.55. The van der Waals surface area contributed by atoms with E-state index in [0.717, 1.165) is 18.7 Å². The Morgan fingerprint density at radius 3 is 2.89 bits per heavy atom. The van der Waals surface area contributed by atoms with Crippen molar-refractivity contribution >= 4 is 27.4 Å². The Labute approximate surface area is 114 Å². The van der Waals surface area contributed by atoms with E-state index in [4.69, 9.17) is 4.74 Å². The van der Waals surface area contributed by atoms with Crippen LogP contribution in [0.5, 0.6) is 0 Å². The van der Waals surface area contributed by atoms with E-state index in [9.17, 15) is 10.1 Å². The summed E-state index contributed by atoms with van der Waals surface area (Å²) < 4.78 is 5.77. The van der Waals surface area contributed by atoms with Crippen molar-refractivity contribution in [3.63, 3.8) is 0 Å². The highest BCUT2D eigenvalue weighted by Gasteiger charge is 2.13. The van der Waals surface area contributed by atoms with Crippen LogP contribution in [0.4, 0.5) is 11.5 Å². The van der Waals surface area contributed by atoms with E-state index in [2.05, 4.69) is 26.2 Å². The van der Waals surface area contributed by atoms with E-state index in [0.29, 0.717) is 11.1 Å². The van der Waals surface area contributed by atoms with Crippen LogP contribution in [0.15, 0.2) is 16.7 Å². The van der Waals surface area contributed by atoms with Gasteiger partial charge >= 0.3 is 5.82 Å². The van der Waals surface area contributed by atoms with Gasteiger partial charge < -0.3 is 20.2 Å².